The summed E-state index contributed by atoms with van der Waals surface area (Å²) in [5, 5.41) is 11.9. The number of carboxylic acids is 1. The van der Waals surface area contributed by atoms with Crippen molar-refractivity contribution in [2.24, 2.45) is 0 Å². The Bertz CT molecular complexity index is 606. The van der Waals surface area contributed by atoms with Gasteiger partial charge in [0.1, 0.15) is 11.6 Å². The molecule has 0 saturated carbocycles. The summed E-state index contributed by atoms with van der Waals surface area (Å²) in [5.74, 6) is -0.973. The number of aryl methyl sites for hydroxylation is 1. The zero-order chi connectivity index (χ0) is 14.0. The van der Waals surface area contributed by atoms with E-state index in [9.17, 15) is 9.18 Å². The first-order chi connectivity index (χ1) is 8.97. The number of hydrogen-bond acceptors (Lipinski definition) is 3. The van der Waals surface area contributed by atoms with Crippen molar-refractivity contribution in [3.63, 3.8) is 0 Å². The molecule has 0 bridgehead atoms. The number of hydrogen-bond donors (Lipinski definition) is 2. The average molecular weight is 263 g/mol. The smallest absolute Gasteiger partial charge is 0.371 e. The van der Waals surface area contributed by atoms with Crippen LogP contribution < -0.4 is 5.32 Å². The van der Waals surface area contributed by atoms with Crippen LogP contribution in [0, 0.1) is 12.7 Å². The quantitative estimate of drug-likeness (QED) is 0.884. The Kier molecular flexibility index (Phi) is 3.55. The topological polar surface area (TPSA) is 62.5 Å². The summed E-state index contributed by atoms with van der Waals surface area (Å²) >= 11 is 0. The van der Waals surface area contributed by atoms with E-state index in [4.69, 9.17) is 9.52 Å². The molecule has 4 nitrogen and oxygen atoms in total. The van der Waals surface area contributed by atoms with E-state index in [-0.39, 0.29) is 17.6 Å². The van der Waals surface area contributed by atoms with Gasteiger partial charge >= 0.3 is 5.97 Å². The van der Waals surface area contributed by atoms with Crippen molar-refractivity contribution in [1.29, 1.82) is 0 Å². The molecule has 1 aromatic heterocycles. The van der Waals surface area contributed by atoms with Gasteiger partial charge in [-0.1, -0.05) is 0 Å². The molecule has 0 aliphatic carbocycles. The average Bonchev–Trinajstić information content (AvgIpc) is 2.82. The molecule has 1 aromatic carbocycles. The number of nitrogens with one attached hydrogen (secondary N) is 1. The summed E-state index contributed by atoms with van der Waals surface area (Å²) in [6.07, 6.45) is 0. The molecule has 2 N–H and O–H groups in total. The number of carboxylic acid groups (broad SMARTS) is 1. The van der Waals surface area contributed by atoms with E-state index in [1.807, 2.05) is 6.92 Å². The van der Waals surface area contributed by atoms with Gasteiger partial charge in [-0.05, 0) is 49.7 Å². The Morgan fingerprint density at radius 3 is 2.68 bits per heavy atom. The number of aromatic carboxylic acids is 1. The van der Waals surface area contributed by atoms with Crippen LogP contribution in [-0.4, -0.2) is 11.1 Å². The Balaban J connectivity index is 2.15. The lowest BCUT2D eigenvalue weighted by Gasteiger charge is -2.15. The molecule has 0 amide bonds. The Hall–Kier alpha value is -2.30. The third kappa shape index (κ3) is 2.93. The second kappa shape index (κ2) is 5.14. The monoisotopic (exact) mass is 263 g/mol. The van der Waals surface area contributed by atoms with Crippen molar-refractivity contribution in [1.82, 2.24) is 0 Å². The summed E-state index contributed by atoms with van der Waals surface area (Å²) in [5.41, 5.74) is 1.55. The van der Waals surface area contributed by atoms with Crippen LogP contribution in [-0.2, 0) is 0 Å². The molecular formula is C14H14FNO3. The lowest BCUT2D eigenvalue weighted by molar-refractivity contribution is 0.0660. The predicted octanol–water partition coefficient (Wildman–Crippen LogP) is 3.60. The molecule has 0 aliphatic heterocycles. The van der Waals surface area contributed by atoms with Crippen LogP contribution in [0.4, 0.5) is 10.1 Å². The van der Waals surface area contributed by atoms with Gasteiger partial charge in [0.05, 0.1) is 6.04 Å². The molecule has 5 heteroatoms. The van der Waals surface area contributed by atoms with Gasteiger partial charge in [0.2, 0.25) is 5.76 Å². The predicted molar refractivity (Wildman–Crippen MR) is 68.8 cm³/mol. The number of furan rings is 1. The molecule has 19 heavy (non-hydrogen) atoms. The van der Waals surface area contributed by atoms with Crippen LogP contribution in [0.1, 0.15) is 34.8 Å². The maximum atomic E-state index is 13.0. The normalized spacial score (nSPS) is 12.2. The number of carbonyl (C=O) groups is 1. The van der Waals surface area contributed by atoms with Gasteiger partial charge in [-0.2, -0.15) is 0 Å². The fourth-order valence-corrected chi connectivity index (χ4v) is 1.79. The van der Waals surface area contributed by atoms with E-state index in [0.29, 0.717) is 5.76 Å². The molecule has 2 aromatic rings. The van der Waals surface area contributed by atoms with Gasteiger partial charge in [0, 0.05) is 5.69 Å². The summed E-state index contributed by atoms with van der Waals surface area (Å²) in [6, 6.07) is 7.25. The summed E-state index contributed by atoms with van der Waals surface area (Å²) in [4.78, 5) is 10.7. The lowest BCUT2D eigenvalue weighted by Crippen LogP contribution is -2.07. The molecule has 0 fully saturated rings. The Morgan fingerprint density at radius 1 is 1.37 bits per heavy atom. The second-order valence-electron chi connectivity index (χ2n) is 4.33. The highest BCUT2D eigenvalue weighted by Gasteiger charge is 2.14. The highest BCUT2D eigenvalue weighted by atomic mass is 19.1. The fraction of sp³-hybridized carbons (Fsp3) is 0.214. The second-order valence-corrected chi connectivity index (χ2v) is 4.33. The summed E-state index contributed by atoms with van der Waals surface area (Å²) in [6.45, 7) is 3.64. The van der Waals surface area contributed by atoms with Crippen LogP contribution in [0.3, 0.4) is 0 Å². The first-order valence-corrected chi connectivity index (χ1v) is 5.83. The molecule has 1 unspecified atom stereocenters. The molecule has 100 valence electrons. The van der Waals surface area contributed by atoms with E-state index in [0.717, 1.165) is 11.3 Å². The molecule has 0 saturated heterocycles. The first-order valence-electron chi connectivity index (χ1n) is 5.83. The van der Waals surface area contributed by atoms with Gasteiger partial charge in [-0.15, -0.1) is 0 Å². The minimum Gasteiger partial charge on any atom is -0.475 e. The van der Waals surface area contributed by atoms with Gasteiger partial charge in [0.25, 0.3) is 0 Å². The van der Waals surface area contributed by atoms with Crippen LogP contribution in [0.15, 0.2) is 34.7 Å². The maximum Gasteiger partial charge on any atom is 0.371 e. The third-order valence-corrected chi connectivity index (χ3v) is 2.82. The fourth-order valence-electron chi connectivity index (χ4n) is 1.79. The molecule has 1 atom stereocenters. The number of rotatable bonds is 4. The maximum absolute atomic E-state index is 13.0. The van der Waals surface area contributed by atoms with Crippen LogP contribution in [0.25, 0.3) is 0 Å². The van der Waals surface area contributed by atoms with E-state index < -0.39 is 5.97 Å². The van der Waals surface area contributed by atoms with Gasteiger partial charge in [-0.3, -0.25) is 0 Å². The van der Waals surface area contributed by atoms with Crippen molar-refractivity contribution < 1.29 is 18.7 Å². The minimum absolute atomic E-state index is 0.0977. The van der Waals surface area contributed by atoms with Crippen molar-refractivity contribution in [3.05, 3.63) is 53.2 Å². The standard InChI is InChI=1S/C14H14FNO3/c1-8-7-10(15)3-4-11(8)16-9(2)12-5-6-13(19-12)14(17)18/h3-7,9,16H,1-2H3,(H,17,18). The van der Waals surface area contributed by atoms with Crippen molar-refractivity contribution >= 4 is 11.7 Å². The lowest BCUT2D eigenvalue weighted by atomic mass is 10.1. The first kappa shape index (κ1) is 13.1. The van der Waals surface area contributed by atoms with Crippen LogP contribution >= 0.6 is 0 Å². The van der Waals surface area contributed by atoms with Crippen molar-refractivity contribution in [3.8, 4) is 0 Å². The minimum atomic E-state index is -1.10. The molecule has 2 rings (SSSR count). The van der Waals surface area contributed by atoms with E-state index in [1.54, 1.807) is 19.1 Å². The van der Waals surface area contributed by atoms with Gasteiger partial charge in [-0.25, -0.2) is 9.18 Å². The molecule has 0 radical (unpaired) electrons. The van der Waals surface area contributed by atoms with E-state index in [1.165, 1.54) is 18.2 Å². The molecule has 0 spiro atoms. The number of halogens is 1. The largest absolute Gasteiger partial charge is 0.475 e. The Labute approximate surface area is 109 Å². The SMILES string of the molecule is Cc1cc(F)ccc1NC(C)c1ccc(C(=O)O)o1. The van der Waals surface area contributed by atoms with Gasteiger partial charge < -0.3 is 14.8 Å². The van der Waals surface area contributed by atoms with Crippen molar-refractivity contribution in [2.45, 2.75) is 19.9 Å². The summed E-state index contributed by atoms with van der Waals surface area (Å²) in [7, 11) is 0. The van der Waals surface area contributed by atoms with E-state index >= 15 is 0 Å². The molecule has 1 heterocycles. The van der Waals surface area contributed by atoms with Crippen LogP contribution in [0.2, 0.25) is 0 Å². The van der Waals surface area contributed by atoms with Crippen LogP contribution in [0.5, 0.6) is 0 Å². The third-order valence-electron chi connectivity index (χ3n) is 2.82. The Morgan fingerprint density at radius 2 is 2.11 bits per heavy atom. The highest BCUT2D eigenvalue weighted by molar-refractivity contribution is 5.84. The number of anilines is 1. The van der Waals surface area contributed by atoms with Gasteiger partial charge in [0.15, 0.2) is 0 Å². The molecular weight excluding hydrogens is 249 g/mol. The zero-order valence-electron chi connectivity index (χ0n) is 10.6. The highest BCUT2D eigenvalue weighted by Crippen LogP contribution is 2.24. The van der Waals surface area contributed by atoms with E-state index in [2.05, 4.69) is 5.32 Å². The summed E-state index contributed by atoms with van der Waals surface area (Å²) < 4.78 is 18.2. The van der Waals surface area contributed by atoms with Crippen molar-refractivity contribution in [2.75, 3.05) is 5.32 Å². The number of benzene rings is 1. The molecule has 0 aliphatic rings. The zero-order valence-corrected chi connectivity index (χ0v) is 10.6.